The quantitative estimate of drug-likeness (QED) is 0.750. The van der Waals surface area contributed by atoms with E-state index in [0.29, 0.717) is 13.0 Å². The van der Waals surface area contributed by atoms with E-state index in [-0.39, 0.29) is 17.9 Å². The maximum atomic E-state index is 12.4. The largest absolute Gasteiger partial charge is 0.354 e. The first-order chi connectivity index (χ1) is 11.2. The lowest BCUT2D eigenvalue weighted by Gasteiger charge is -2.24. The Balaban J connectivity index is 1.77. The molecule has 1 aliphatic rings. The van der Waals surface area contributed by atoms with Gasteiger partial charge in [-0.1, -0.05) is 50.1 Å². The van der Waals surface area contributed by atoms with Gasteiger partial charge >= 0.3 is 0 Å². The number of nitrogens with zero attached hydrogens (tertiary/aromatic N) is 1. The molecule has 1 aromatic carbocycles. The minimum absolute atomic E-state index is 0.00210. The molecule has 2 rings (SSSR count). The van der Waals surface area contributed by atoms with Gasteiger partial charge in [0.2, 0.25) is 11.8 Å². The van der Waals surface area contributed by atoms with Crippen LogP contribution in [0.15, 0.2) is 30.3 Å². The van der Waals surface area contributed by atoms with E-state index < -0.39 is 0 Å². The number of carbonyl (C=O) groups excluding carboxylic acids is 2. The number of amides is 2. The highest BCUT2D eigenvalue weighted by molar-refractivity contribution is 5.88. The average Bonchev–Trinajstić information content (AvgIpc) is 3.06. The standard InChI is InChI=1S/C19H28N2O2/c1-2-3-5-12-18(22)21-15-8-11-17(21)19(23)20-14-13-16-9-6-4-7-10-16/h4,6-7,9-10,17H,2-3,5,8,11-15H2,1H3,(H,20,23). The second-order valence-corrected chi connectivity index (χ2v) is 6.23. The van der Waals surface area contributed by atoms with Gasteiger partial charge in [0.25, 0.3) is 0 Å². The molecule has 2 amide bonds. The Hall–Kier alpha value is -1.84. The lowest BCUT2D eigenvalue weighted by Crippen LogP contribution is -2.46. The normalized spacial score (nSPS) is 17.3. The van der Waals surface area contributed by atoms with Crippen molar-refractivity contribution in [1.29, 1.82) is 0 Å². The third-order valence-electron chi connectivity index (χ3n) is 4.43. The maximum absolute atomic E-state index is 12.4. The Morgan fingerprint density at radius 1 is 1.22 bits per heavy atom. The van der Waals surface area contributed by atoms with Gasteiger partial charge in [0.1, 0.15) is 6.04 Å². The molecule has 0 aliphatic carbocycles. The van der Waals surface area contributed by atoms with Crippen LogP contribution in [0, 0.1) is 0 Å². The number of unbranched alkanes of at least 4 members (excludes halogenated alkanes) is 2. The molecule has 1 aliphatic heterocycles. The number of benzene rings is 1. The van der Waals surface area contributed by atoms with Gasteiger partial charge in [-0.2, -0.15) is 0 Å². The molecule has 126 valence electrons. The molecule has 1 heterocycles. The minimum Gasteiger partial charge on any atom is -0.354 e. The molecule has 23 heavy (non-hydrogen) atoms. The Bertz CT molecular complexity index is 501. The summed E-state index contributed by atoms with van der Waals surface area (Å²) in [6.07, 6.45) is 6.22. The van der Waals surface area contributed by atoms with Crippen LogP contribution in [0.2, 0.25) is 0 Å². The summed E-state index contributed by atoms with van der Waals surface area (Å²) in [5.74, 6) is 0.140. The SMILES string of the molecule is CCCCCC(=O)N1CCCC1C(=O)NCCc1ccccc1. The van der Waals surface area contributed by atoms with Crippen molar-refractivity contribution in [2.24, 2.45) is 0 Å². The fraction of sp³-hybridized carbons (Fsp3) is 0.579. The molecule has 0 saturated carbocycles. The molecule has 0 radical (unpaired) electrons. The molecular formula is C19H28N2O2. The van der Waals surface area contributed by atoms with Gasteiger partial charge in [-0.3, -0.25) is 9.59 Å². The third-order valence-corrected chi connectivity index (χ3v) is 4.43. The van der Waals surface area contributed by atoms with E-state index in [1.54, 1.807) is 4.90 Å². The van der Waals surface area contributed by atoms with Gasteiger partial charge in [0.15, 0.2) is 0 Å². The molecule has 1 unspecified atom stereocenters. The number of hydrogen-bond donors (Lipinski definition) is 1. The Labute approximate surface area is 139 Å². The average molecular weight is 316 g/mol. The molecule has 4 heteroatoms. The van der Waals surface area contributed by atoms with Gasteiger partial charge in [0, 0.05) is 19.5 Å². The smallest absolute Gasteiger partial charge is 0.242 e. The zero-order valence-corrected chi connectivity index (χ0v) is 14.1. The van der Waals surface area contributed by atoms with Gasteiger partial charge < -0.3 is 10.2 Å². The van der Waals surface area contributed by atoms with Crippen molar-refractivity contribution in [3.8, 4) is 0 Å². The van der Waals surface area contributed by atoms with E-state index in [9.17, 15) is 9.59 Å². The maximum Gasteiger partial charge on any atom is 0.242 e. The van der Waals surface area contributed by atoms with E-state index in [1.807, 2.05) is 18.2 Å². The van der Waals surface area contributed by atoms with Crippen LogP contribution < -0.4 is 5.32 Å². The number of hydrogen-bond acceptors (Lipinski definition) is 2. The van der Waals surface area contributed by atoms with Gasteiger partial charge in [-0.25, -0.2) is 0 Å². The highest BCUT2D eigenvalue weighted by Crippen LogP contribution is 2.19. The molecule has 0 aromatic heterocycles. The first-order valence-electron chi connectivity index (χ1n) is 8.83. The highest BCUT2D eigenvalue weighted by Gasteiger charge is 2.33. The van der Waals surface area contributed by atoms with Crippen molar-refractivity contribution in [2.75, 3.05) is 13.1 Å². The second-order valence-electron chi connectivity index (χ2n) is 6.23. The molecular weight excluding hydrogens is 288 g/mol. The molecule has 4 nitrogen and oxygen atoms in total. The molecule has 1 saturated heterocycles. The summed E-state index contributed by atoms with van der Waals surface area (Å²) >= 11 is 0. The number of rotatable bonds is 8. The monoisotopic (exact) mass is 316 g/mol. The van der Waals surface area contributed by atoms with Crippen molar-refractivity contribution in [2.45, 2.75) is 57.9 Å². The van der Waals surface area contributed by atoms with Crippen molar-refractivity contribution >= 4 is 11.8 Å². The number of nitrogens with one attached hydrogen (secondary N) is 1. The van der Waals surface area contributed by atoms with Crippen molar-refractivity contribution < 1.29 is 9.59 Å². The minimum atomic E-state index is -0.264. The molecule has 1 aromatic rings. The van der Waals surface area contributed by atoms with Crippen LogP contribution in [0.5, 0.6) is 0 Å². The van der Waals surface area contributed by atoms with Crippen LogP contribution in [-0.2, 0) is 16.0 Å². The van der Waals surface area contributed by atoms with Crippen molar-refractivity contribution in [1.82, 2.24) is 10.2 Å². The van der Waals surface area contributed by atoms with E-state index in [0.717, 1.165) is 45.1 Å². The topological polar surface area (TPSA) is 49.4 Å². The summed E-state index contributed by atoms with van der Waals surface area (Å²) < 4.78 is 0. The fourth-order valence-corrected chi connectivity index (χ4v) is 3.10. The van der Waals surface area contributed by atoms with E-state index in [2.05, 4.69) is 24.4 Å². The first kappa shape index (κ1) is 17.5. The van der Waals surface area contributed by atoms with Gasteiger partial charge in [-0.15, -0.1) is 0 Å². The summed E-state index contributed by atoms with van der Waals surface area (Å²) in [6.45, 7) is 3.47. The third kappa shape index (κ3) is 5.38. The van der Waals surface area contributed by atoms with Crippen LogP contribution in [-0.4, -0.2) is 35.8 Å². The fourth-order valence-electron chi connectivity index (χ4n) is 3.10. The van der Waals surface area contributed by atoms with Crippen molar-refractivity contribution in [3.05, 3.63) is 35.9 Å². The number of carbonyl (C=O) groups is 2. The van der Waals surface area contributed by atoms with Crippen LogP contribution in [0.1, 0.15) is 51.0 Å². The number of likely N-dealkylation sites (tertiary alicyclic amines) is 1. The lowest BCUT2D eigenvalue weighted by molar-refractivity contribution is -0.138. The van der Waals surface area contributed by atoms with E-state index in [1.165, 1.54) is 5.56 Å². The Kier molecular flexibility index (Phi) is 7.11. The first-order valence-corrected chi connectivity index (χ1v) is 8.83. The summed E-state index contributed by atoms with van der Waals surface area (Å²) in [7, 11) is 0. The van der Waals surface area contributed by atoms with Gasteiger partial charge in [0.05, 0.1) is 0 Å². The zero-order valence-electron chi connectivity index (χ0n) is 14.1. The second kappa shape index (κ2) is 9.33. The Morgan fingerprint density at radius 3 is 2.74 bits per heavy atom. The lowest BCUT2D eigenvalue weighted by atomic mass is 10.1. The summed E-state index contributed by atoms with van der Waals surface area (Å²) in [5.41, 5.74) is 1.21. The van der Waals surface area contributed by atoms with E-state index >= 15 is 0 Å². The van der Waals surface area contributed by atoms with Crippen LogP contribution >= 0.6 is 0 Å². The van der Waals surface area contributed by atoms with Crippen LogP contribution in [0.25, 0.3) is 0 Å². The summed E-state index contributed by atoms with van der Waals surface area (Å²) in [6, 6.07) is 9.86. The zero-order chi connectivity index (χ0) is 16.5. The summed E-state index contributed by atoms with van der Waals surface area (Å²) in [4.78, 5) is 26.4. The molecule has 1 fully saturated rings. The van der Waals surface area contributed by atoms with Crippen molar-refractivity contribution in [3.63, 3.8) is 0 Å². The molecule has 0 spiro atoms. The summed E-state index contributed by atoms with van der Waals surface area (Å²) in [5, 5.41) is 2.99. The van der Waals surface area contributed by atoms with Crippen LogP contribution in [0.3, 0.4) is 0 Å². The molecule has 0 bridgehead atoms. The van der Waals surface area contributed by atoms with E-state index in [4.69, 9.17) is 0 Å². The molecule has 1 atom stereocenters. The Morgan fingerprint density at radius 2 is 2.00 bits per heavy atom. The van der Waals surface area contributed by atoms with Crippen LogP contribution in [0.4, 0.5) is 0 Å². The predicted molar refractivity (Wildman–Crippen MR) is 92.0 cm³/mol. The van der Waals surface area contributed by atoms with Gasteiger partial charge in [-0.05, 0) is 31.2 Å². The highest BCUT2D eigenvalue weighted by atomic mass is 16.2. The molecule has 1 N–H and O–H groups in total. The predicted octanol–water partition coefficient (Wildman–Crippen LogP) is 2.92.